The minimum atomic E-state index is -0.328. The molecule has 1 amide bonds. The Morgan fingerprint density at radius 2 is 2.09 bits per heavy atom. The van der Waals surface area contributed by atoms with Crippen LogP contribution in [-0.2, 0) is 9.47 Å². The summed E-state index contributed by atoms with van der Waals surface area (Å²) in [5.41, 5.74) is 0. The Hall–Kier alpha value is -1.50. The zero-order chi connectivity index (χ0) is 15.8. The average molecular weight is 335 g/mol. The SMILES string of the molecule is O=C(c1cc2c(F)cccc2s1)N1CCCC[C@H]1C1OCCO1. The summed E-state index contributed by atoms with van der Waals surface area (Å²) in [5, 5.41) is 0.516. The summed E-state index contributed by atoms with van der Waals surface area (Å²) >= 11 is 1.34. The number of ether oxygens (including phenoxy) is 2. The summed E-state index contributed by atoms with van der Waals surface area (Å²) in [6.07, 6.45) is 2.60. The molecule has 1 aromatic heterocycles. The second kappa shape index (κ2) is 6.19. The van der Waals surface area contributed by atoms with Gasteiger partial charge >= 0.3 is 0 Å². The van der Waals surface area contributed by atoms with Crippen molar-refractivity contribution in [2.24, 2.45) is 0 Å². The van der Waals surface area contributed by atoms with E-state index in [0.717, 1.165) is 24.0 Å². The highest BCUT2D eigenvalue weighted by Crippen LogP contribution is 2.31. The van der Waals surface area contributed by atoms with Crippen LogP contribution < -0.4 is 0 Å². The molecule has 0 saturated carbocycles. The highest BCUT2D eigenvalue weighted by Gasteiger charge is 2.37. The third kappa shape index (κ3) is 2.75. The molecular weight excluding hydrogens is 317 g/mol. The zero-order valence-electron chi connectivity index (χ0n) is 12.7. The predicted octanol–water partition coefficient (Wildman–Crippen LogP) is 3.41. The molecule has 4 nitrogen and oxygen atoms in total. The molecule has 1 aromatic carbocycles. The van der Waals surface area contributed by atoms with Crippen LogP contribution in [0.2, 0.25) is 0 Å². The number of benzene rings is 1. The van der Waals surface area contributed by atoms with Gasteiger partial charge in [0.25, 0.3) is 5.91 Å². The molecule has 2 fully saturated rings. The Morgan fingerprint density at radius 1 is 1.26 bits per heavy atom. The number of carbonyl (C=O) groups excluding carboxylic acids is 1. The number of likely N-dealkylation sites (tertiary alicyclic amines) is 1. The number of carbonyl (C=O) groups is 1. The molecule has 2 saturated heterocycles. The van der Waals surface area contributed by atoms with Crippen molar-refractivity contribution in [1.29, 1.82) is 0 Å². The van der Waals surface area contributed by atoms with Crippen molar-refractivity contribution >= 4 is 27.3 Å². The van der Waals surface area contributed by atoms with Crippen LogP contribution in [-0.4, -0.2) is 42.9 Å². The molecule has 0 aliphatic carbocycles. The van der Waals surface area contributed by atoms with Crippen molar-refractivity contribution in [3.8, 4) is 0 Å². The molecule has 23 heavy (non-hydrogen) atoms. The van der Waals surface area contributed by atoms with Crippen LogP contribution in [0.3, 0.4) is 0 Å². The summed E-state index contributed by atoms with van der Waals surface area (Å²) in [6.45, 7) is 1.86. The molecular formula is C17H18FNO3S. The minimum absolute atomic E-state index is 0.0469. The Kier molecular flexibility index (Phi) is 4.05. The molecule has 0 spiro atoms. The monoisotopic (exact) mass is 335 g/mol. The molecule has 6 heteroatoms. The van der Waals surface area contributed by atoms with Gasteiger partial charge in [-0.1, -0.05) is 6.07 Å². The number of fused-ring (bicyclic) bond motifs is 1. The van der Waals surface area contributed by atoms with Crippen LogP contribution in [0, 0.1) is 5.82 Å². The zero-order valence-corrected chi connectivity index (χ0v) is 13.5. The lowest BCUT2D eigenvalue weighted by Gasteiger charge is -2.37. The maximum atomic E-state index is 13.9. The van der Waals surface area contributed by atoms with Gasteiger partial charge in [-0.3, -0.25) is 4.79 Å². The van der Waals surface area contributed by atoms with Crippen molar-refractivity contribution < 1.29 is 18.7 Å². The van der Waals surface area contributed by atoms with E-state index in [1.807, 2.05) is 11.0 Å². The van der Waals surface area contributed by atoms with E-state index in [1.54, 1.807) is 12.1 Å². The second-order valence-electron chi connectivity index (χ2n) is 5.93. The topological polar surface area (TPSA) is 38.8 Å². The number of amides is 1. The third-order valence-corrected chi connectivity index (χ3v) is 5.58. The Labute approximate surface area is 137 Å². The van der Waals surface area contributed by atoms with Crippen LogP contribution >= 0.6 is 11.3 Å². The van der Waals surface area contributed by atoms with Crippen LogP contribution in [0.4, 0.5) is 4.39 Å². The highest BCUT2D eigenvalue weighted by atomic mass is 32.1. The molecule has 4 rings (SSSR count). The quantitative estimate of drug-likeness (QED) is 0.844. The first-order chi connectivity index (χ1) is 11.2. The van der Waals surface area contributed by atoms with Crippen LogP contribution in [0.15, 0.2) is 24.3 Å². The van der Waals surface area contributed by atoms with E-state index in [-0.39, 0.29) is 24.1 Å². The summed E-state index contributed by atoms with van der Waals surface area (Å²) in [4.78, 5) is 15.4. The van der Waals surface area contributed by atoms with Crippen molar-refractivity contribution in [1.82, 2.24) is 4.90 Å². The maximum absolute atomic E-state index is 13.9. The van der Waals surface area contributed by atoms with Crippen molar-refractivity contribution in [3.05, 3.63) is 35.0 Å². The molecule has 2 aromatic rings. The smallest absolute Gasteiger partial charge is 0.264 e. The molecule has 2 aliphatic heterocycles. The Morgan fingerprint density at radius 3 is 2.87 bits per heavy atom. The van der Waals surface area contributed by atoms with E-state index in [9.17, 15) is 9.18 Å². The lowest BCUT2D eigenvalue weighted by Crippen LogP contribution is -2.50. The van der Waals surface area contributed by atoms with Gasteiger partial charge in [-0.25, -0.2) is 4.39 Å². The average Bonchev–Trinajstić information content (AvgIpc) is 3.24. The molecule has 0 radical (unpaired) electrons. The summed E-state index contributed by atoms with van der Waals surface area (Å²) in [7, 11) is 0. The number of hydrogen-bond donors (Lipinski definition) is 0. The number of thiophene rings is 1. The lowest BCUT2D eigenvalue weighted by molar-refractivity contribution is -0.100. The molecule has 0 unspecified atom stereocenters. The van der Waals surface area contributed by atoms with Crippen LogP contribution in [0.25, 0.3) is 10.1 Å². The third-order valence-electron chi connectivity index (χ3n) is 4.49. The molecule has 2 aliphatic rings. The van der Waals surface area contributed by atoms with Gasteiger partial charge in [0.2, 0.25) is 0 Å². The standard InChI is InChI=1S/C17H18FNO3S/c18-12-4-3-6-14-11(12)10-15(23-14)16(20)19-7-2-1-5-13(19)17-21-8-9-22-17/h3-4,6,10,13,17H,1-2,5,7-9H2/t13-/m0/s1. The highest BCUT2D eigenvalue weighted by molar-refractivity contribution is 7.20. The van der Waals surface area contributed by atoms with Crippen molar-refractivity contribution in [3.63, 3.8) is 0 Å². The van der Waals surface area contributed by atoms with Gasteiger partial charge in [-0.15, -0.1) is 11.3 Å². The number of nitrogens with zero attached hydrogens (tertiary/aromatic N) is 1. The Bertz CT molecular complexity index is 726. The van der Waals surface area contributed by atoms with Gasteiger partial charge < -0.3 is 14.4 Å². The summed E-state index contributed by atoms with van der Waals surface area (Å²) in [5.74, 6) is -0.329. The fourth-order valence-corrected chi connectivity index (χ4v) is 4.39. The van der Waals surface area contributed by atoms with E-state index in [0.29, 0.717) is 30.0 Å². The molecule has 0 N–H and O–H groups in total. The first-order valence-corrected chi connectivity index (χ1v) is 8.78. The van der Waals surface area contributed by atoms with Gasteiger partial charge in [-0.05, 0) is 37.5 Å². The Balaban J connectivity index is 1.63. The summed E-state index contributed by atoms with van der Waals surface area (Å²) < 4.78 is 25.9. The number of hydrogen-bond acceptors (Lipinski definition) is 4. The summed E-state index contributed by atoms with van der Waals surface area (Å²) in [6, 6.07) is 6.56. The first-order valence-electron chi connectivity index (χ1n) is 7.96. The fraction of sp³-hybridized carbons (Fsp3) is 0.471. The van der Waals surface area contributed by atoms with Gasteiger partial charge in [0, 0.05) is 16.6 Å². The van der Waals surface area contributed by atoms with Crippen LogP contribution in [0.5, 0.6) is 0 Å². The fourth-order valence-electron chi connectivity index (χ4n) is 3.36. The first kappa shape index (κ1) is 15.1. The minimum Gasteiger partial charge on any atom is -0.348 e. The van der Waals surface area contributed by atoms with E-state index in [2.05, 4.69) is 0 Å². The largest absolute Gasteiger partial charge is 0.348 e. The van der Waals surface area contributed by atoms with Gasteiger partial charge in [0.05, 0.1) is 24.1 Å². The van der Waals surface area contributed by atoms with Gasteiger partial charge in [0.1, 0.15) is 5.82 Å². The van der Waals surface area contributed by atoms with E-state index in [4.69, 9.17) is 9.47 Å². The number of rotatable bonds is 2. The maximum Gasteiger partial charge on any atom is 0.264 e. The lowest BCUT2D eigenvalue weighted by atomic mass is 10.0. The van der Waals surface area contributed by atoms with E-state index < -0.39 is 0 Å². The number of halogens is 1. The normalized spacial score (nSPS) is 22.8. The van der Waals surface area contributed by atoms with E-state index >= 15 is 0 Å². The van der Waals surface area contributed by atoms with Crippen LogP contribution in [0.1, 0.15) is 28.9 Å². The van der Waals surface area contributed by atoms with E-state index in [1.165, 1.54) is 17.4 Å². The predicted molar refractivity (Wildman–Crippen MR) is 86.2 cm³/mol. The van der Waals surface area contributed by atoms with Crippen molar-refractivity contribution in [2.45, 2.75) is 31.6 Å². The molecule has 0 bridgehead atoms. The molecule has 1 atom stereocenters. The molecule has 3 heterocycles. The second-order valence-corrected chi connectivity index (χ2v) is 7.02. The van der Waals surface area contributed by atoms with Gasteiger partial charge in [-0.2, -0.15) is 0 Å². The van der Waals surface area contributed by atoms with Crippen molar-refractivity contribution in [2.75, 3.05) is 19.8 Å². The van der Waals surface area contributed by atoms with Gasteiger partial charge in [0.15, 0.2) is 6.29 Å². The molecule has 122 valence electrons. The number of piperidine rings is 1.